The molecule has 2 aromatic rings. The molecule has 0 bridgehead atoms. The highest BCUT2D eigenvalue weighted by atomic mass is 16.1. The van der Waals surface area contributed by atoms with Crippen LogP contribution in [0.2, 0.25) is 0 Å². The molecule has 0 saturated carbocycles. The Bertz CT molecular complexity index is 753. The summed E-state index contributed by atoms with van der Waals surface area (Å²) in [5.41, 5.74) is 7.60. The van der Waals surface area contributed by atoms with Crippen LogP contribution < -0.4 is 5.73 Å². The molecule has 0 radical (unpaired) electrons. The van der Waals surface area contributed by atoms with E-state index in [1.54, 1.807) is 0 Å². The van der Waals surface area contributed by atoms with Gasteiger partial charge in [0.2, 0.25) is 5.91 Å². The maximum atomic E-state index is 10.6. The standard InChI is InChI=1S/C27H40N2O/c28-27(30)21-15-13-11-9-7-5-3-1-2-4-6-8-10-12-14-18-24-22-25-19-16-17-20-26(25)29-23-24/h1,3,16-17,19-20,22-23H,2,4-15,18,21H2,(H2,28,30)/b3-1-. The number of hydrogen-bond donors (Lipinski definition) is 1. The molecule has 0 aliphatic carbocycles. The summed E-state index contributed by atoms with van der Waals surface area (Å²) in [6, 6.07) is 10.6. The number of hydrogen-bond acceptors (Lipinski definition) is 2. The first-order valence-electron chi connectivity index (χ1n) is 12.0. The van der Waals surface area contributed by atoms with Gasteiger partial charge in [-0.05, 0) is 62.6 Å². The first kappa shape index (κ1) is 24.1. The molecule has 0 atom stereocenters. The molecule has 0 aliphatic heterocycles. The zero-order valence-electron chi connectivity index (χ0n) is 18.7. The Labute approximate surface area is 183 Å². The average molecular weight is 409 g/mol. The van der Waals surface area contributed by atoms with Gasteiger partial charge in [-0.1, -0.05) is 75.3 Å². The van der Waals surface area contributed by atoms with Crippen LogP contribution in [0.25, 0.3) is 10.9 Å². The molecule has 30 heavy (non-hydrogen) atoms. The van der Waals surface area contributed by atoms with Crippen molar-refractivity contribution in [2.24, 2.45) is 5.73 Å². The number of allylic oxidation sites excluding steroid dienone is 2. The van der Waals surface area contributed by atoms with E-state index in [1.807, 2.05) is 12.3 Å². The van der Waals surface area contributed by atoms with Gasteiger partial charge < -0.3 is 5.73 Å². The van der Waals surface area contributed by atoms with Crippen molar-refractivity contribution in [3.8, 4) is 0 Å². The summed E-state index contributed by atoms with van der Waals surface area (Å²) >= 11 is 0. The lowest BCUT2D eigenvalue weighted by atomic mass is 10.0. The summed E-state index contributed by atoms with van der Waals surface area (Å²) in [5.74, 6) is -0.170. The Kier molecular flexibility index (Phi) is 12.6. The topological polar surface area (TPSA) is 56.0 Å². The normalized spacial score (nSPS) is 11.5. The molecule has 1 aromatic carbocycles. The minimum absolute atomic E-state index is 0.170. The second-order valence-corrected chi connectivity index (χ2v) is 8.44. The molecule has 3 nitrogen and oxygen atoms in total. The van der Waals surface area contributed by atoms with Gasteiger partial charge in [-0.2, -0.15) is 0 Å². The molecule has 3 heteroatoms. The maximum Gasteiger partial charge on any atom is 0.217 e. The van der Waals surface area contributed by atoms with E-state index in [2.05, 4.69) is 41.4 Å². The van der Waals surface area contributed by atoms with Crippen molar-refractivity contribution >= 4 is 16.8 Å². The number of nitrogens with zero attached hydrogens (tertiary/aromatic N) is 1. The van der Waals surface area contributed by atoms with Crippen LogP contribution in [0.1, 0.15) is 95.5 Å². The van der Waals surface area contributed by atoms with Crippen LogP contribution in [0.5, 0.6) is 0 Å². The number of amides is 1. The largest absolute Gasteiger partial charge is 0.370 e. The molecule has 2 N–H and O–H groups in total. The molecule has 164 valence electrons. The van der Waals surface area contributed by atoms with Gasteiger partial charge in [0.1, 0.15) is 0 Å². The van der Waals surface area contributed by atoms with Crippen molar-refractivity contribution < 1.29 is 4.79 Å². The van der Waals surface area contributed by atoms with Gasteiger partial charge in [0.05, 0.1) is 5.52 Å². The molecular weight excluding hydrogens is 368 g/mol. The molecule has 0 fully saturated rings. The van der Waals surface area contributed by atoms with Crippen LogP contribution >= 0.6 is 0 Å². The number of fused-ring (bicyclic) bond motifs is 1. The highest BCUT2D eigenvalue weighted by molar-refractivity contribution is 5.78. The van der Waals surface area contributed by atoms with Gasteiger partial charge >= 0.3 is 0 Å². The lowest BCUT2D eigenvalue weighted by Gasteiger charge is -2.04. The second kappa shape index (κ2) is 15.6. The molecule has 0 spiro atoms. The Hall–Kier alpha value is -2.16. The van der Waals surface area contributed by atoms with Crippen molar-refractivity contribution in [3.05, 3.63) is 54.2 Å². The van der Waals surface area contributed by atoms with E-state index < -0.39 is 0 Å². The number of carbonyl (C=O) groups is 1. The van der Waals surface area contributed by atoms with Crippen molar-refractivity contribution in [3.63, 3.8) is 0 Å². The summed E-state index contributed by atoms with van der Waals surface area (Å²) in [5, 5.41) is 1.25. The van der Waals surface area contributed by atoms with Gasteiger partial charge in [-0.15, -0.1) is 0 Å². The Morgan fingerprint density at radius 1 is 0.800 bits per heavy atom. The highest BCUT2D eigenvalue weighted by Gasteiger charge is 1.98. The lowest BCUT2D eigenvalue weighted by Crippen LogP contribution is -2.09. The minimum Gasteiger partial charge on any atom is -0.370 e. The van der Waals surface area contributed by atoms with Gasteiger partial charge in [-0.3, -0.25) is 9.78 Å². The predicted octanol–water partition coefficient (Wildman–Crippen LogP) is 7.28. The number of unbranched alkanes of at least 4 members (excludes halogenated alkanes) is 11. The van der Waals surface area contributed by atoms with Crippen molar-refractivity contribution in [2.75, 3.05) is 0 Å². The third-order valence-electron chi connectivity index (χ3n) is 5.69. The smallest absolute Gasteiger partial charge is 0.217 e. The van der Waals surface area contributed by atoms with Gasteiger partial charge in [0.15, 0.2) is 0 Å². The fourth-order valence-electron chi connectivity index (χ4n) is 3.88. The first-order valence-corrected chi connectivity index (χ1v) is 12.0. The molecule has 1 heterocycles. The predicted molar refractivity (Wildman–Crippen MR) is 128 cm³/mol. The number of carbonyl (C=O) groups excluding carboxylic acids is 1. The molecule has 0 aliphatic rings. The molecule has 2 rings (SSSR count). The van der Waals surface area contributed by atoms with Crippen LogP contribution in [-0.2, 0) is 11.2 Å². The van der Waals surface area contributed by atoms with Gasteiger partial charge in [0, 0.05) is 18.0 Å². The zero-order chi connectivity index (χ0) is 21.3. The lowest BCUT2D eigenvalue weighted by molar-refractivity contribution is -0.118. The van der Waals surface area contributed by atoms with E-state index in [-0.39, 0.29) is 5.91 Å². The fourth-order valence-corrected chi connectivity index (χ4v) is 3.88. The van der Waals surface area contributed by atoms with Crippen LogP contribution in [0, 0.1) is 0 Å². The highest BCUT2D eigenvalue weighted by Crippen LogP contribution is 2.16. The van der Waals surface area contributed by atoms with Crippen LogP contribution in [0.15, 0.2) is 48.7 Å². The van der Waals surface area contributed by atoms with Crippen molar-refractivity contribution in [1.29, 1.82) is 0 Å². The van der Waals surface area contributed by atoms with Crippen LogP contribution in [0.3, 0.4) is 0 Å². The number of primary amides is 1. The van der Waals surface area contributed by atoms with E-state index >= 15 is 0 Å². The molecule has 0 saturated heterocycles. The minimum atomic E-state index is -0.170. The number of benzene rings is 1. The first-order chi connectivity index (χ1) is 14.8. The van der Waals surface area contributed by atoms with Crippen LogP contribution in [-0.4, -0.2) is 10.9 Å². The number of aromatic nitrogens is 1. The van der Waals surface area contributed by atoms with Crippen molar-refractivity contribution in [1.82, 2.24) is 4.98 Å². The number of pyridine rings is 1. The number of aryl methyl sites for hydroxylation is 1. The molecule has 1 aromatic heterocycles. The molecule has 1 amide bonds. The SMILES string of the molecule is NC(=O)CCCCCCC/C=C\CCCCCCCCc1cnc2ccccc2c1. The molecular formula is C27H40N2O. The fraction of sp³-hybridized carbons (Fsp3) is 0.556. The monoisotopic (exact) mass is 408 g/mol. The number of nitrogens with two attached hydrogens (primary N) is 1. The maximum absolute atomic E-state index is 10.6. The third kappa shape index (κ3) is 11.1. The summed E-state index contributed by atoms with van der Waals surface area (Å²) in [7, 11) is 0. The summed E-state index contributed by atoms with van der Waals surface area (Å²) in [4.78, 5) is 15.2. The average Bonchev–Trinajstić information content (AvgIpc) is 2.75. The van der Waals surface area contributed by atoms with Gasteiger partial charge in [0.25, 0.3) is 0 Å². The summed E-state index contributed by atoms with van der Waals surface area (Å²) in [6.07, 6.45) is 24.6. The van der Waals surface area contributed by atoms with Crippen molar-refractivity contribution in [2.45, 2.75) is 96.3 Å². The quantitative estimate of drug-likeness (QED) is 0.221. The van der Waals surface area contributed by atoms with E-state index in [1.165, 1.54) is 81.6 Å². The molecule has 0 unspecified atom stereocenters. The number of rotatable bonds is 17. The summed E-state index contributed by atoms with van der Waals surface area (Å²) < 4.78 is 0. The Balaban J connectivity index is 1.36. The van der Waals surface area contributed by atoms with E-state index in [4.69, 9.17) is 5.73 Å². The second-order valence-electron chi connectivity index (χ2n) is 8.44. The van der Waals surface area contributed by atoms with E-state index in [0.29, 0.717) is 6.42 Å². The van der Waals surface area contributed by atoms with Gasteiger partial charge in [-0.25, -0.2) is 0 Å². The summed E-state index contributed by atoms with van der Waals surface area (Å²) in [6.45, 7) is 0. The number of para-hydroxylation sites is 1. The van der Waals surface area contributed by atoms with Crippen LogP contribution in [0.4, 0.5) is 0 Å². The Morgan fingerprint density at radius 3 is 2.10 bits per heavy atom. The third-order valence-corrected chi connectivity index (χ3v) is 5.69. The zero-order valence-corrected chi connectivity index (χ0v) is 18.7. The van der Waals surface area contributed by atoms with E-state index in [9.17, 15) is 4.79 Å². The Morgan fingerprint density at radius 2 is 1.40 bits per heavy atom. The van der Waals surface area contributed by atoms with E-state index in [0.717, 1.165) is 24.8 Å².